The molecular weight excluding hydrogens is 316 g/mol. The first-order chi connectivity index (χ1) is 10.5. The second-order valence-electron chi connectivity index (χ2n) is 5.08. The molecule has 0 spiro atoms. The van der Waals surface area contributed by atoms with Crippen LogP contribution in [-0.2, 0) is 16.6 Å². The van der Waals surface area contributed by atoms with Gasteiger partial charge in [0.1, 0.15) is 5.84 Å². The number of nitrogens with zero attached hydrogens (tertiary/aromatic N) is 1. The number of hydrogen-bond donors (Lipinski definition) is 1. The molecule has 0 atom stereocenters. The van der Waals surface area contributed by atoms with Crippen molar-refractivity contribution in [2.75, 3.05) is 6.26 Å². The summed E-state index contributed by atoms with van der Waals surface area (Å²) in [7, 11) is -3.47. The summed E-state index contributed by atoms with van der Waals surface area (Å²) >= 11 is 1.67. The molecule has 1 N–H and O–H groups in total. The fourth-order valence-corrected chi connectivity index (χ4v) is 4.35. The van der Waals surface area contributed by atoms with Crippen molar-refractivity contribution in [1.82, 2.24) is 4.72 Å². The normalized spacial score (nSPS) is 17.3. The molecule has 0 aromatic heterocycles. The Morgan fingerprint density at radius 3 is 2.73 bits per heavy atom. The molecule has 1 aliphatic heterocycles. The van der Waals surface area contributed by atoms with Gasteiger partial charge in [-0.05, 0) is 42.5 Å². The predicted molar refractivity (Wildman–Crippen MR) is 90.0 cm³/mol. The third-order valence-corrected chi connectivity index (χ3v) is 5.73. The number of hydrogen-bond acceptors (Lipinski definition) is 4. The van der Waals surface area contributed by atoms with Crippen molar-refractivity contribution in [2.45, 2.75) is 23.3 Å². The minimum atomic E-state index is -3.47. The van der Waals surface area contributed by atoms with Gasteiger partial charge in [-0.3, -0.25) is 9.71 Å². The molecule has 0 bridgehead atoms. The fraction of sp³-hybridized carbons (Fsp3) is 0.188. The van der Waals surface area contributed by atoms with E-state index in [0.717, 1.165) is 5.56 Å². The zero-order valence-corrected chi connectivity index (χ0v) is 14.0. The van der Waals surface area contributed by atoms with Gasteiger partial charge in [-0.25, -0.2) is 8.42 Å². The average molecular weight is 332 g/mol. The number of amidine groups is 1. The SMILES string of the molecule is CSc1cc(C)ccc1CN=C1NS(=O)(=O)c2ccccc21. The van der Waals surface area contributed by atoms with E-state index in [2.05, 4.69) is 22.7 Å². The highest BCUT2D eigenvalue weighted by molar-refractivity contribution is 7.98. The van der Waals surface area contributed by atoms with Gasteiger partial charge in [0.25, 0.3) is 10.0 Å². The number of aliphatic imine (C=N–C) groups is 1. The molecule has 0 unspecified atom stereocenters. The molecule has 4 nitrogen and oxygen atoms in total. The molecule has 2 aromatic carbocycles. The van der Waals surface area contributed by atoms with Crippen molar-refractivity contribution in [3.8, 4) is 0 Å². The highest BCUT2D eigenvalue weighted by Gasteiger charge is 2.29. The summed E-state index contributed by atoms with van der Waals surface area (Å²) < 4.78 is 26.6. The Hall–Kier alpha value is -1.79. The quantitative estimate of drug-likeness (QED) is 0.879. The molecule has 0 aliphatic carbocycles. The third kappa shape index (κ3) is 2.76. The minimum Gasteiger partial charge on any atom is -0.263 e. The molecule has 1 aliphatic rings. The number of thioether (sulfide) groups is 1. The van der Waals surface area contributed by atoms with E-state index < -0.39 is 10.0 Å². The molecule has 0 saturated carbocycles. The number of nitrogens with one attached hydrogen (secondary N) is 1. The van der Waals surface area contributed by atoms with Crippen LogP contribution in [-0.4, -0.2) is 20.5 Å². The van der Waals surface area contributed by atoms with E-state index in [-0.39, 0.29) is 0 Å². The summed E-state index contributed by atoms with van der Waals surface area (Å²) in [6.45, 7) is 2.50. The van der Waals surface area contributed by atoms with Gasteiger partial charge in [0.2, 0.25) is 0 Å². The minimum absolute atomic E-state index is 0.294. The van der Waals surface area contributed by atoms with E-state index in [4.69, 9.17) is 0 Å². The monoisotopic (exact) mass is 332 g/mol. The van der Waals surface area contributed by atoms with Crippen molar-refractivity contribution in [3.63, 3.8) is 0 Å². The lowest BCUT2D eigenvalue weighted by atomic mass is 10.1. The van der Waals surface area contributed by atoms with Gasteiger partial charge in [-0.1, -0.05) is 24.3 Å². The van der Waals surface area contributed by atoms with Crippen molar-refractivity contribution in [1.29, 1.82) is 0 Å². The van der Waals surface area contributed by atoms with Crippen LogP contribution in [0, 0.1) is 6.92 Å². The smallest absolute Gasteiger partial charge is 0.263 e. The number of fused-ring (bicyclic) bond motifs is 1. The summed E-state index contributed by atoms with van der Waals surface area (Å²) in [5.41, 5.74) is 2.93. The second kappa shape index (κ2) is 5.78. The predicted octanol–water partition coefficient (Wildman–Crippen LogP) is 2.96. The molecule has 0 saturated heterocycles. The summed E-state index contributed by atoms with van der Waals surface area (Å²) in [5.74, 6) is 0.420. The molecule has 6 heteroatoms. The Morgan fingerprint density at radius 2 is 1.95 bits per heavy atom. The summed E-state index contributed by atoms with van der Waals surface area (Å²) in [6, 6.07) is 13.1. The van der Waals surface area contributed by atoms with E-state index in [0.29, 0.717) is 22.8 Å². The van der Waals surface area contributed by atoms with Gasteiger partial charge in [-0.2, -0.15) is 0 Å². The standard InChI is InChI=1S/C16H16N2O2S2/c1-11-7-8-12(14(9-11)21-2)10-17-16-13-5-3-4-6-15(13)22(19,20)18-16/h3-9H,10H2,1-2H3,(H,17,18). The molecule has 1 heterocycles. The number of rotatable bonds is 3. The Balaban J connectivity index is 1.95. The Bertz CT molecular complexity index is 858. The molecule has 22 heavy (non-hydrogen) atoms. The third-order valence-electron chi connectivity index (χ3n) is 3.51. The lowest BCUT2D eigenvalue weighted by molar-refractivity contribution is 0.595. The molecule has 114 valence electrons. The van der Waals surface area contributed by atoms with Crippen LogP contribution in [0.2, 0.25) is 0 Å². The van der Waals surface area contributed by atoms with Crippen LogP contribution in [0.15, 0.2) is 57.2 Å². The van der Waals surface area contributed by atoms with Crippen LogP contribution in [0.4, 0.5) is 0 Å². The van der Waals surface area contributed by atoms with E-state index in [1.165, 1.54) is 10.5 Å². The zero-order chi connectivity index (χ0) is 15.7. The summed E-state index contributed by atoms with van der Waals surface area (Å²) in [6.07, 6.45) is 2.03. The van der Waals surface area contributed by atoms with Crippen LogP contribution < -0.4 is 4.72 Å². The maximum absolute atomic E-state index is 12.0. The van der Waals surface area contributed by atoms with Gasteiger partial charge in [0.15, 0.2) is 0 Å². The maximum atomic E-state index is 12.0. The van der Waals surface area contributed by atoms with Gasteiger partial charge >= 0.3 is 0 Å². The van der Waals surface area contributed by atoms with Gasteiger partial charge in [-0.15, -0.1) is 11.8 Å². The lowest BCUT2D eigenvalue weighted by Gasteiger charge is -2.06. The van der Waals surface area contributed by atoms with E-state index in [1.807, 2.05) is 24.5 Å². The molecule has 0 amide bonds. The molecule has 3 rings (SSSR count). The van der Waals surface area contributed by atoms with Crippen molar-refractivity contribution >= 4 is 27.6 Å². The van der Waals surface area contributed by atoms with Gasteiger partial charge < -0.3 is 0 Å². The Labute approximate surface area is 134 Å². The van der Waals surface area contributed by atoms with E-state index in [1.54, 1.807) is 30.0 Å². The summed E-state index contributed by atoms with van der Waals surface area (Å²) in [5, 5.41) is 0. The number of sulfonamides is 1. The van der Waals surface area contributed by atoms with Crippen LogP contribution in [0.3, 0.4) is 0 Å². The fourth-order valence-electron chi connectivity index (χ4n) is 2.40. The molecule has 0 fully saturated rings. The van der Waals surface area contributed by atoms with Crippen molar-refractivity contribution in [2.24, 2.45) is 4.99 Å². The largest absolute Gasteiger partial charge is 0.263 e. The van der Waals surface area contributed by atoms with Crippen LogP contribution in [0.1, 0.15) is 16.7 Å². The van der Waals surface area contributed by atoms with Crippen molar-refractivity contribution in [3.05, 3.63) is 59.2 Å². The maximum Gasteiger partial charge on any atom is 0.263 e. The Kier molecular flexibility index (Phi) is 3.97. The van der Waals surface area contributed by atoms with Gasteiger partial charge in [0, 0.05) is 10.5 Å². The molecule has 0 radical (unpaired) electrons. The van der Waals surface area contributed by atoms with Crippen molar-refractivity contribution < 1.29 is 8.42 Å². The highest BCUT2D eigenvalue weighted by atomic mass is 32.2. The van der Waals surface area contributed by atoms with Gasteiger partial charge in [0.05, 0.1) is 11.4 Å². The van der Waals surface area contributed by atoms with E-state index >= 15 is 0 Å². The first-order valence-electron chi connectivity index (χ1n) is 6.81. The topological polar surface area (TPSA) is 58.5 Å². The second-order valence-corrected chi connectivity index (χ2v) is 7.58. The van der Waals surface area contributed by atoms with E-state index in [9.17, 15) is 8.42 Å². The lowest BCUT2D eigenvalue weighted by Crippen LogP contribution is -2.22. The number of aryl methyl sites for hydroxylation is 1. The molecule has 2 aromatic rings. The molecular formula is C16H16N2O2S2. The van der Waals surface area contributed by atoms with Crippen LogP contribution >= 0.6 is 11.8 Å². The number of benzene rings is 2. The highest BCUT2D eigenvalue weighted by Crippen LogP contribution is 2.25. The zero-order valence-electron chi connectivity index (χ0n) is 12.3. The summed E-state index contributed by atoms with van der Waals surface area (Å²) in [4.78, 5) is 5.94. The Morgan fingerprint density at radius 1 is 1.18 bits per heavy atom. The van der Waals surface area contributed by atoms with Crippen LogP contribution in [0.5, 0.6) is 0 Å². The van der Waals surface area contributed by atoms with Crippen LogP contribution in [0.25, 0.3) is 0 Å². The average Bonchev–Trinajstić information content (AvgIpc) is 2.77. The first-order valence-corrected chi connectivity index (χ1v) is 9.52. The first kappa shape index (κ1) is 15.1.